The van der Waals surface area contributed by atoms with Crippen LogP contribution in [0.2, 0.25) is 0 Å². The number of para-hydroxylation sites is 2. The van der Waals surface area contributed by atoms with Gasteiger partial charge in [0.15, 0.2) is 5.82 Å². The van der Waals surface area contributed by atoms with E-state index in [1.54, 1.807) is 0 Å². The summed E-state index contributed by atoms with van der Waals surface area (Å²) in [6, 6.07) is 27.2. The molecule has 0 amide bonds. The van der Waals surface area contributed by atoms with Crippen LogP contribution in [-0.2, 0) is 11.3 Å². The van der Waals surface area contributed by atoms with Crippen molar-refractivity contribution in [2.75, 3.05) is 31.2 Å². The van der Waals surface area contributed by atoms with Gasteiger partial charge in [-0.25, -0.2) is 0 Å². The molecule has 2 aromatic heterocycles. The van der Waals surface area contributed by atoms with Crippen LogP contribution in [0, 0.1) is 11.3 Å². The molecular formula is C29H26N6O. The van der Waals surface area contributed by atoms with E-state index in [1.807, 2.05) is 41.0 Å². The van der Waals surface area contributed by atoms with Gasteiger partial charge >= 0.3 is 0 Å². The van der Waals surface area contributed by atoms with Crippen LogP contribution in [0.15, 0.2) is 72.8 Å². The Bertz CT molecular complexity index is 1620. The quantitative estimate of drug-likeness (QED) is 0.324. The van der Waals surface area contributed by atoms with Crippen molar-refractivity contribution in [2.45, 2.75) is 13.5 Å². The number of ether oxygens (including phenoxy) is 1. The third-order valence-corrected chi connectivity index (χ3v) is 6.74. The number of aryl methyl sites for hydroxylation is 1. The summed E-state index contributed by atoms with van der Waals surface area (Å²) in [5.74, 6) is 1.25. The zero-order chi connectivity index (χ0) is 24.5. The van der Waals surface area contributed by atoms with Crippen molar-refractivity contribution in [1.29, 1.82) is 5.26 Å². The van der Waals surface area contributed by atoms with E-state index in [0.29, 0.717) is 24.6 Å². The summed E-state index contributed by atoms with van der Waals surface area (Å²) >= 11 is 0. The van der Waals surface area contributed by atoms with Crippen molar-refractivity contribution < 1.29 is 4.74 Å². The van der Waals surface area contributed by atoms with Crippen molar-refractivity contribution in [3.8, 4) is 11.8 Å². The number of fused-ring (bicyclic) bond motifs is 3. The highest BCUT2D eigenvalue weighted by atomic mass is 16.5. The molecule has 0 aliphatic carbocycles. The number of morpholine rings is 1. The van der Waals surface area contributed by atoms with Gasteiger partial charge in [-0.2, -0.15) is 5.26 Å². The summed E-state index contributed by atoms with van der Waals surface area (Å²) < 4.78 is 9.83. The van der Waals surface area contributed by atoms with E-state index in [9.17, 15) is 5.26 Å². The molecule has 0 radical (unpaired) electrons. The number of rotatable bonds is 5. The van der Waals surface area contributed by atoms with Crippen LogP contribution in [-0.4, -0.2) is 45.6 Å². The van der Waals surface area contributed by atoms with Crippen LogP contribution in [0.4, 0.5) is 5.95 Å². The fourth-order valence-corrected chi connectivity index (χ4v) is 5.05. The SMILES string of the molecule is CCn1c2ccccc2c2cc(C=C(C#N)c3nnc(N4CCOCC4)n3-c3ccccc3)ccc21. The monoisotopic (exact) mass is 474 g/mol. The third kappa shape index (κ3) is 3.72. The lowest BCUT2D eigenvalue weighted by molar-refractivity contribution is 0.122. The molecule has 0 N–H and O–H groups in total. The molecule has 3 aromatic carbocycles. The van der Waals surface area contributed by atoms with E-state index < -0.39 is 0 Å². The van der Waals surface area contributed by atoms with Gasteiger partial charge in [0.25, 0.3) is 0 Å². The standard InChI is InChI=1S/C29H26N6O/c1-2-34-26-11-7-6-10-24(26)25-19-21(12-13-27(25)34)18-22(20-30)28-31-32-29(33-14-16-36-17-15-33)35(28)23-8-4-3-5-9-23/h3-13,18-19H,2,14-17H2,1H3. The molecule has 1 aliphatic rings. The molecule has 0 spiro atoms. The molecule has 7 nitrogen and oxygen atoms in total. The summed E-state index contributed by atoms with van der Waals surface area (Å²) in [6.07, 6.45) is 1.91. The Kier molecular flexibility index (Phi) is 5.72. The van der Waals surface area contributed by atoms with E-state index in [2.05, 4.69) is 75.1 Å². The third-order valence-electron chi connectivity index (χ3n) is 6.74. The first kappa shape index (κ1) is 22.1. The maximum absolute atomic E-state index is 10.2. The van der Waals surface area contributed by atoms with Crippen molar-refractivity contribution >= 4 is 39.4 Å². The van der Waals surface area contributed by atoms with Crippen molar-refractivity contribution in [3.05, 3.63) is 84.2 Å². The number of benzene rings is 3. The molecule has 7 heteroatoms. The summed E-state index contributed by atoms with van der Waals surface area (Å²) in [6.45, 7) is 5.80. The van der Waals surface area contributed by atoms with Gasteiger partial charge < -0.3 is 14.2 Å². The molecule has 5 aromatic rings. The van der Waals surface area contributed by atoms with E-state index in [1.165, 1.54) is 21.8 Å². The smallest absolute Gasteiger partial charge is 0.232 e. The first-order valence-electron chi connectivity index (χ1n) is 12.2. The summed E-state index contributed by atoms with van der Waals surface area (Å²) in [7, 11) is 0. The molecule has 36 heavy (non-hydrogen) atoms. The number of hydrogen-bond donors (Lipinski definition) is 0. The van der Waals surface area contributed by atoms with Gasteiger partial charge in [0, 0.05) is 41.4 Å². The zero-order valence-corrected chi connectivity index (χ0v) is 20.1. The van der Waals surface area contributed by atoms with E-state index in [4.69, 9.17) is 4.74 Å². The van der Waals surface area contributed by atoms with Gasteiger partial charge in [-0.15, -0.1) is 10.2 Å². The molecule has 0 atom stereocenters. The average Bonchev–Trinajstić information content (AvgIpc) is 3.52. The molecule has 1 aliphatic heterocycles. The Hall–Kier alpha value is -4.41. The van der Waals surface area contributed by atoms with Gasteiger partial charge in [-0.1, -0.05) is 42.5 Å². The number of nitriles is 1. The molecule has 0 unspecified atom stereocenters. The summed E-state index contributed by atoms with van der Waals surface area (Å²) in [5, 5.41) is 21.6. The number of allylic oxidation sites excluding steroid dienone is 1. The highest BCUT2D eigenvalue weighted by Crippen LogP contribution is 2.31. The minimum atomic E-state index is 0.462. The number of aromatic nitrogens is 4. The minimum absolute atomic E-state index is 0.462. The van der Waals surface area contributed by atoms with Crippen LogP contribution < -0.4 is 4.90 Å². The summed E-state index contributed by atoms with van der Waals surface area (Å²) in [5.41, 5.74) is 4.74. The molecule has 1 saturated heterocycles. The lowest BCUT2D eigenvalue weighted by Gasteiger charge is -2.28. The molecule has 3 heterocycles. The molecule has 178 valence electrons. The maximum Gasteiger partial charge on any atom is 0.232 e. The Balaban J connectivity index is 1.49. The Morgan fingerprint density at radius 2 is 1.69 bits per heavy atom. The Morgan fingerprint density at radius 1 is 0.944 bits per heavy atom. The van der Waals surface area contributed by atoms with Gasteiger partial charge in [0.2, 0.25) is 5.95 Å². The van der Waals surface area contributed by atoms with Gasteiger partial charge in [-0.05, 0) is 48.9 Å². The molecular weight excluding hydrogens is 448 g/mol. The van der Waals surface area contributed by atoms with E-state index >= 15 is 0 Å². The Labute approximate surface area is 209 Å². The van der Waals surface area contributed by atoms with Crippen LogP contribution in [0.1, 0.15) is 18.3 Å². The lowest BCUT2D eigenvalue weighted by Crippen LogP contribution is -2.38. The predicted molar refractivity (Wildman–Crippen MR) is 143 cm³/mol. The number of anilines is 1. The number of hydrogen-bond acceptors (Lipinski definition) is 5. The van der Waals surface area contributed by atoms with Crippen LogP contribution in [0.3, 0.4) is 0 Å². The second kappa shape index (κ2) is 9.33. The van der Waals surface area contributed by atoms with E-state index in [-0.39, 0.29) is 0 Å². The highest BCUT2D eigenvalue weighted by molar-refractivity contribution is 6.09. The average molecular weight is 475 g/mol. The first-order valence-corrected chi connectivity index (χ1v) is 12.2. The second-order valence-corrected chi connectivity index (χ2v) is 8.80. The Morgan fingerprint density at radius 3 is 2.47 bits per heavy atom. The van der Waals surface area contributed by atoms with Crippen molar-refractivity contribution in [1.82, 2.24) is 19.3 Å². The van der Waals surface area contributed by atoms with Gasteiger partial charge in [0.1, 0.15) is 6.07 Å². The topological polar surface area (TPSA) is 71.9 Å². The molecule has 0 bridgehead atoms. The summed E-state index contributed by atoms with van der Waals surface area (Å²) in [4.78, 5) is 2.16. The fourth-order valence-electron chi connectivity index (χ4n) is 5.05. The second-order valence-electron chi connectivity index (χ2n) is 8.80. The van der Waals surface area contributed by atoms with Gasteiger partial charge in [-0.3, -0.25) is 4.57 Å². The van der Waals surface area contributed by atoms with Crippen LogP contribution in [0.25, 0.3) is 39.1 Å². The van der Waals surface area contributed by atoms with E-state index in [0.717, 1.165) is 36.8 Å². The number of nitrogens with zero attached hydrogens (tertiary/aromatic N) is 6. The van der Waals surface area contributed by atoms with Crippen molar-refractivity contribution in [3.63, 3.8) is 0 Å². The zero-order valence-electron chi connectivity index (χ0n) is 20.1. The lowest BCUT2D eigenvalue weighted by atomic mass is 10.1. The largest absolute Gasteiger partial charge is 0.378 e. The first-order chi connectivity index (χ1) is 17.8. The minimum Gasteiger partial charge on any atom is -0.378 e. The van der Waals surface area contributed by atoms with Crippen LogP contribution >= 0.6 is 0 Å². The fraction of sp³-hybridized carbons (Fsp3) is 0.207. The van der Waals surface area contributed by atoms with Crippen LogP contribution in [0.5, 0.6) is 0 Å². The molecule has 1 fully saturated rings. The molecule has 6 rings (SSSR count). The van der Waals surface area contributed by atoms with Gasteiger partial charge in [0.05, 0.1) is 24.5 Å². The highest BCUT2D eigenvalue weighted by Gasteiger charge is 2.23. The maximum atomic E-state index is 10.2. The normalized spacial score (nSPS) is 14.4. The molecule has 0 saturated carbocycles. The van der Waals surface area contributed by atoms with Crippen molar-refractivity contribution in [2.24, 2.45) is 0 Å². The predicted octanol–water partition coefficient (Wildman–Crippen LogP) is 5.30.